The van der Waals surface area contributed by atoms with Crippen molar-refractivity contribution >= 4 is 16.9 Å². The second-order valence-corrected chi connectivity index (χ2v) is 4.99. The number of carboxylic acid groups (broad SMARTS) is 1. The Kier molecular flexibility index (Phi) is 2.85. The number of carboxylic acids is 1. The number of ether oxygens (including phenoxy) is 1. The van der Waals surface area contributed by atoms with Crippen molar-refractivity contribution in [3.05, 3.63) is 36.0 Å². The van der Waals surface area contributed by atoms with Crippen LogP contribution in [0.5, 0.6) is 5.75 Å². The Morgan fingerprint density at radius 1 is 1.37 bits per heavy atom. The van der Waals surface area contributed by atoms with Crippen LogP contribution in [-0.4, -0.2) is 22.2 Å². The zero-order valence-corrected chi connectivity index (χ0v) is 10.7. The van der Waals surface area contributed by atoms with Gasteiger partial charge in [-0.3, -0.25) is 0 Å². The molecule has 4 heteroatoms. The van der Waals surface area contributed by atoms with Crippen LogP contribution in [0.2, 0.25) is 0 Å². The summed E-state index contributed by atoms with van der Waals surface area (Å²) in [5, 5.41) is 10.2. The highest BCUT2D eigenvalue weighted by molar-refractivity contribution is 5.85. The molecule has 3 rings (SSSR count). The summed E-state index contributed by atoms with van der Waals surface area (Å²) in [4.78, 5) is 15.7. The van der Waals surface area contributed by atoms with Gasteiger partial charge in [-0.1, -0.05) is 18.2 Å². The second kappa shape index (κ2) is 4.53. The molecule has 0 bridgehead atoms. The predicted octanol–water partition coefficient (Wildman–Crippen LogP) is 2.79. The third-order valence-corrected chi connectivity index (χ3v) is 3.37. The van der Waals surface area contributed by atoms with E-state index >= 15 is 0 Å². The highest BCUT2D eigenvalue weighted by Gasteiger charge is 2.38. The Morgan fingerprint density at radius 3 is 2.84 bits per heavy atom. The Balaban J connectivity index is 1.99. The molecule has 1 unspecified atom stereocenters. The van der Waals surface area contributed by atoms with Crippen molar-refractivity contribution in [1.82, 2.24) is 4.98 Å². The Labute approximate surface area is 111 Å². The van der Waals surface area contributed by atoms with Crippen LogP contribution in [-0.2, 0) is 4.79 Å². The van der Waals surface area contributed by atoms with E-state index < -0.39 is 12.1 Å². The standard InChI is InChI=1S/C15H15NO3/c1-9-5-6-10-3-2-4-12(13(10)16-9)19-14(15(17)18)11-7-8-11/h2-6,11,14H,7-8H2,1H3,(H,17,18). The molecule has 1 aromatic heterocycles. The van der Waals surface area contributed by atoms with E-state index in [1.165, 1.54) is 0 Å². The Hall–Kier alpha value is -2.10. The topological polar surface area (TPSA) is 59.4 Å². The first kappa shape index (κ1) is 12.0. The first-order valence-electron chi connectivity index (χ1n) is 6.41. The number of rotatable bonds is 4. The maximum atomic E-state index is 11.2. The van der Waals surface area contributed by atoms with Gasteiger partial charge in [0.2, 0.25) is 0 Å². The molecule has 1 aromatic carbocycles. The molecular formula is C15H15NO3. The smallest absolute Gasteiger partial charge is 0.345 e. The van der Waals surface area contributed by atoms with Crippen molar-refractivity contribution in [3.63, 3.8) is 0 Å². The van der Waals surface area contributed by atoms with Crippen LogP contribution in [0.15, 0.2) is 30.3 Å². The monoisotopic (exact) mass is 257 g/mol. The fraction of sp³-hybridized carbons (Fsp3) is 0.333. The van der Waals surface area contributed by atoms with Crippen LogP contribution in [0, 0.1) is 12.8 Å². The second-order valence-electron chi connectivity index (χ2n) is 4.99. The maximum absolute atomic E-state index is 11.2. The van der Waals surface area contributed by atoms with E-state index in [-0.39, 0.29) is 5.92 Å². The van der Waals surface area contributed by atoms with Gasteiger partial charge in [0.15, 0.2) is 6.10 Å². The van der Waals surface area contributed by atoms with Crippen molar-refractivity contribution in [3.8, 4) is 5.75 Å². The number of fused-ring (bicyclic) bond motifs is 1. The van der Waals surface area contributed by atoms with Crippen LogP contribution in [0.25, 0.3) is 10.9 Å². The van der Waals surface area contributed by atoms with Crippen molar-refractivity contribution in [2.75, 3.05) is 0 Å². The quantitative estimate of drug-likeness (QED) is 0.915. The molecule has 19 heavy (non-hydrogen) atoms. The van der Waals surface area contributed by atoms with Crippen LogP contribution in [0.4, 0.5) is 0 Å². The van der Waals surface area contributed by atoms with E-state index in [1.54, 1.807) is 6.07 Å². The summed E-state index contributed by atoms with van der Waals surface area (Å²) < 4.78 is 5.71. The van der Waals surface area contributed by atoms with Crippen LogP contribution in [0.3, 0.4) is 0 Å². The number of pyridine rings is 1. The van der Waals surface area contributed by atoms with Gasteiger partial charge in [-0.05, 0) is 31.9 Å². The van der Waals surface area contributed by atoms with Gasteiger partial charge in [0, 0.05) is 17.0 Å². The summed E-state index contributed by atoms with van der Waals surface area (Å²) in [7, 11) is 0. The molecule has 1 fully saturated rings. The molecule has 0 spiro atoms. The van der Waals surface area contributed by atoms with Gasteiger partial charge in [0.1, 0.15) is 11.3 Å². The SMILES string of the molecule is Cc1ccc2cccc(OC(C(=O)O)C3CC3)c2n1. The van der Waals surface area contributed by atoms with Crippen LogP contribution in [0.1, 0.15) is 18.5 Å². The van der Waals surface area contributed by atoms with Crippen LogP contribution < -0.4 is 4.74 Å². The lowest BCUT2D eigenvalue weighted by Crippen LogP contribution is -2.29. The molecule has 0 aliphatic heterocycles. The third-order valence-electron chi connectivity index (χ3n) is 3.37. The number of nitrogens with zero attached hydrogens (tertiary/aromatic N) is 1. The van der Waals surface area contributed by atoms with Crippen molar-refractivity contribution in [1.29, 1.82) is 0 Å². The minimum atomic E-state index is -0.896. The van der Waals surface area contributed by atoms with Crippen LogP contribution >= 0.6 is 0 Å². The lowest BCUT2D eigenvalue weighted by Gasteiger charge is -2.15. The minimum Gasteiger partial charge on any atom is -0.478 e. The summed E-state index contributed by atoms with van der Waals surface area (Å²) in [6.07, 6.45) is 1.09. The van der Waals surface area contributed by atoms with Crippen molar-refractivity contribution in [2.45, 2.75) is 25.9 Å². The normalized spacial score (nSPS) is 16.3. The van der Waals surface area contributed by atoms with E-state index in [2.05, 4.69) is 4.98 Å². The maximum Gasteiger partial charge on any atom is 0.345 e. The first-order chi connectivity index (χ1) is 9.15. The average molecular weight is 257 g/mol. The molecule has 0 radical (unpaired) electrons. The van der Waals surface area contributed by atoms with E-state index in [1.807, 2.05) is 31.2 Å². The van der Waals surface area contributed by atoms with Gasteiger partial charge in [0.05, 0.1) is 0 Å². The fourth-order valence-corrected chi connectivity index (χ4v) is 2.20. The molecule has 1 aliphatic carbocycles. The zero-order chi connectivity index (χ0) is 13.4. The number of para-hydroxylation sites is 1. The largest absolute Gasteiger partial charge is 0.478 e. The van der Waals surface area contributed by atoms with Crippen molar-refractivity contribution in [2.24, 2.45) is 5.92 Å². The lowest BCUT2D eigenvalue weighted by atomic mass is 10.2. The Bertz CT molecular complexity index is 634. The number of aromatic nitrogens is 1. The van der Waals surface area contributed by atoms with E-state index in [0.29, 0.717) is 5.75 Å². The molecule has 1 aliphatic rings. The number of aryl methyl sites for hydroxylation is 1. The lowest BCUT2D eigenvalue weighted by molar-refractivity contribution is -0.146. The highest BCUT2D eigenvalue weighted by Crippen LogP contribution is 2.36. The van der Waals surface area contributed by atoms with Gasteiger partial charge in [0.25, 0.3) is 0 Å². The third kappa shape index (κ3) is 2.38. The molecular weight excluding hydrogens is 242 g/mol. The van der Waals surface area contributed by atoms with Gasteiger partial charge >= 0.3 is 5.97 Å². The summed E-state index contributed by atoms with van der Waals surface area (Å²) >= 11 is 0. The molecule has 2 aromatic rings. The summed E-state index contributed by atoms with van der Waals surface area (Å²) in [6.45, 7) is 1.91. The molecule has 1 atom stereocenters. The minimum absolute atomic E-state index is 0.137. The first-order valence-corrected chi connectivity index (χ1v) is 6.41. The van der Waals surface area contributed by atoms with E-state index in [0.717, 1.165) is 29.4 Å². The predicted molar refractivity (Wildman–Crippen MR) is 71.3 cm³/mol. The average Bonchev–Trinajstić information content (AvgIpc) is 3.20. The van der Waals surface area contributed by atoms with E-state index in [4.69, 9.17) is 4.74 Å². The van der Waals surface area contributed by atoms with Gasteiger partial charge in [-0.15, -0.1) is 0 Å². The molecule has 4 nitrogen and oxygen atoms in total. The summed E-state index contributed by atoms with van der Waals surface area (Å²) in [5.74, 6) is -0.203. The number of carbonyl (C=O) groups is 1. The molecule has 1 saturated carbocycles. The number of aliphatic carboxylic acids is 1. The van der Waals surface area contributed by atoms with E-state index in [9.17, 15) is 9.90 Å². The molecule has 98 valence electrons. The highest BCUT2D eigenvalue weighted by atomic mass is 16.5. The van der Waals surface area contributed by atoms with Gasteiger partial charge in [-0.2, -0.15) is 0 Å². The number of hydrogen-bond acceptors (Lipinski definition) is 3. The van der Waals surface area contributed by atoms with Gasteiger partial charge < -0.3 is 9.84 Å². The van der Waals surface area contributed by atoms with Gasteiger partial charge in [-0.25, -0.2) is 9.78 Å². The number of hydrogen-bond donors (Lipinski definition) is 1. The molecule has 0 saturated heterocycles. The Morgan fingerprint density at radius 2 is 2.16 bits per heavy atom. The zero-order valence-electron chi connectivity index (χ0n) is 10.7. The summed E-state index contributed by atoms with van der Waals surface area (Å²) in [5.41, 5.74) is 1.62. The molecule has 1 N–H and O–H groups in total. The fourth-order valence-electron chi connectivity index (χ4n) is 2.20. The molecule has 1 heterocycles. The van der Waals surface area contributed by atoms with Crippen molar-refractivity contribution < 1.29 is 14.6 Å². The summed E-state index contributed by atoms with van der Waals surface area (Å²) in [6, 6.07) is 9.49. The molecule has 0 amide bonds. The number of benzene rings is 1.